The molecule has 0 bridgehead atoms. The van der Waals surface area contributed by atoms with E-state index in [9.17, 15) is 15.4 Å². The van der Waals surface area contributed by atoms with Crippen LogP contribution in [-0.4, -0.2) is 41.2 Å². The van der Waals surface area contributed by atoms with Gasteiger partial charge in [-0.05, 0) is 29.8 Å². The van der Waals surface area contributed by atoms with Crippen LogP contribution < -0.4 is 4.90 Å². The Bertz CT molecular complexity index is 1070. The Morgan fingerprint density at radius 1 is 1.29 bits per heavy atom. The molecule has 0 spiro atoms. The molecule has 2 aromatic carbocycles. The van der Waals surface area contributed by atoms with E-state index in [1.165, 1.54) is 6.07 Å². The minimum absolute atomic E-state index is 0.0116. The lowest BCUT2D eigenvalue weighted by Gasteiger charge is -2.28. The molecule has 1 fully saturated rings. The van der Waals surface area contributed by atoms with Crippen LogP contribution in [0.2, 0.25) is 0 Å². The first kappa shape index (κ1) is 17.7. The summed E-state index contributed by atoms with van der Waals surface area (Å²) in [5.41, 5.74) is 3.04. The molecular formula is C20H17N5O3. The summed E-state index contributed by atoms with van der Waals surface area (Å²) in [6.07, 6.45) is 1.60. The van der Waals surface area contributed by atoms with Gasteiger partial charge >= 0.3 is 0 Å². The second kappa shape index (κ2) is 7.50. The Kier molecular flexibility index (Phi) is 4.74. The molecule has 140 valence electrons. The first-order valence-electron chi connectivity index (χ1n) is 8.84. The average molecular weight is 375 g/mol. The predicted octanol–water partition coefficient (Wildman–Crippen LogP) is 3.37. The maximum absolute atomic E-state index is 11.6. The van der Waals surface area contributed by atoms with E-state index in [0.717, 1.165) is 11.0 Å². The van der Waals surface area contributed by atoms with E-state index in [-0.39, 0.29) is 5.69 Å². The number of H-pyrrole nitrogens is 1. The Hall–Kier alpha value is -3.70. The van der Waals surface area contributed by atoms with Gasteiger partial charge in [0.2, 0.25) is 0 Å². The van der Waals surface area contributed by atoms with Crippen molar-refractivity contribution in [3.8, 4) is 6.07 Å². The number of allylic oxidation sites excluding steroid dienone is 1. The van der Waals surface area contributed by atoms with Gasteiger partial charge in [0.25, 0.3) is 5.69 Å². The number of nitrogens with zero attached hydrogens (tertiary/aromatic N) is 4. The highest BCUT2D eigenvalue weighted by atomic mass is 16.6. The van der Waals surface area contributed by atoms with Crippen LogP contribution in [0.15, 0.2) is 42.5 Å². The van der Waals surface area contributed by atoms with Crippen LogP contribution in [0, 0.1) is 21.4 Å². The summed E-state index contributed by atoms with van der Waals surface area (Å²) in [6.45, 7) is 2.31. The molecule has 1 saturated heterocycles. The Labute approximate surface area is 160 Å². The molecule has 8 heteroatoms. The van der Waals surface area contributed by atoms with E-state index < -0.39 is 4.92 Å². The summed E-state index contributed by atoms with van der Waals surface area (Å²) in [5, 5.41) is 21.2. The van der Waals surface area contributed by atoms with Gasteiger partial charge < -0.3 is 14.6 Å². The van der Waals surface area contributed by atoms with Crippen molar-refractivity contribution in [2.45, 2.75) is 0 Å². The van der Waals surface area contributed by atoms with E-state index in [2.05, 4.69) is 16.0 Å². The molecule has 0 radical (unpaired) electrons. The van der Waals surface area contributed by atoms with Crippen LogP contribution in [0.5, 0.6) is 0 Å². The molecule has 4 rings (SSSR count). The number of nitro groups is 1. The Balaban J connectivity index is 1.72. The van der Waals surface area contributed by atoms with Crippen molar-refractivity contribution in [2.24, 2.45) is 0 Å². The minimum Gasteiger partial charge on any atom is -0.378 e. The van der Waals surface area contributed by atoms with Crippen LogP contribution >= 0.6 is 0 Å². The van der Waals surface area contributed by atoms with Crippen molar-refractivity contribution in [3.63, 3.8) is 0 Å². The molecular weight excluding hydrogens is 358 g/mol. The summed E-state index contributed by atoms with van der Waals surface area (Å²) in [5.74, 6) is 0.434. The topological polar surface area (TPSA) is 108 Å². The number of imidazole rings is 1. The van der Waals surface area contributed by atoms with Crippen LogP contribution in [-0.2, 0) is 4.74 Å². The summed E-state index contributed by atoms with van der Waals surface area (Å²) in [7, 11) is 0. The fraction of sp³-hybridized carbons (Fsp3) is 0.200. The molecule has 3 aromatic rings. The molecule has 0 aliphatic carbocycles. The first-order chi connectivity index (χ1) is 13.7. The van der Waals surface area contributed by atoms with Crippen molar-refractivity contribution in [3.05, 3.63) is 64.0 Å². The normalized spacial score (nSPS) is 14.8. The molecule has 0 unspecified atom stereocenters. The summed E-state index contributed by atoms with van der Waals surface area (Å²) in [4.78, 5) is 20.7. The number of nitrogens with one attached hydrogen (secondary N) is 1. The highest BCUT2D eigenvalue weighted by molar-refractivity contribution is 5.90. The fourth-order valence-electron chi connectivity index (χ4n) is 3.25. The zero-order valence-electron chi connectivity index (χ0n) is 15.0. The standard InChI is InChI=1S/C20H17N5O3/c21-13-15(20-22-16-3-1-2-4-17(16)23-20)11-14-5-6-18(19(12-14)25(26)27)24-7-9-28-10-8-24/h1-6,11-12H,7-10H2,(H,22,23). The second-order valence-corrected chi connectivity index (χ2v) is 6.38. The van der Waals surface area contributed by atoms with Crippen molar-refractivity contribution < 1.29 is 9.66 Å². The van der Waals surface area contributed by atoms with Crippen LogP contribution in [0.3, 0.4) is 0 Å². The number of aromatic amines is 1. The number of hydrogen-bond donors (Lipinski definition) is 1. The number of hydrogen-bond acceptors (Lipinski definition) is 6. The largest absolute Gasteiger partial charge is 0.378 e. The molecule has 1 aliphatic rings. The summed E-state index contributed by atoms with van der Waals surface area (Å²) in [6, 6.07) is 14.6. The Morgan fingerprint density at radius 3 is 2.79 bits per heavy atom. The van der Waals surface area contributed by atoms with Gasteiger partial charge in [-0.2, -0.15) is 5.26 Å². The number of nitro benzene ring substituents is 1. The molecule has 28 heavy (non-hydrogen) atoms. The number of ether oxygens (including phenoxy) is 1. The number of morpholine rings is 1. The van der Waals surface area contributed by atoms with Gasteiger partial charge in [0.1, 0.15) is 17.6 Å². The average Bonchev–Trinajstić information content (AvgIpc) is 3.16. The zero-order chi connectivity index (χ0) is 19.5. The van der Waals surface area contributed by atoms with Crippen molar-refractivity contribution in [1.29, 1.82) is 5.26 Å². The van der Waals surface area contributed by atoms with E-state index in [0.29, 0.717) is 49.0 Å². The highest BCUT2D eigenvalue weighted by Gasteiger charge is 2.22. The van der Waals surface area contributed by atoms with Crippen molar-refractivity contribution in [1.82, 2.24) is 9.97 Å². The Morgan fingerprint density at radius 2 is 2.07 bits per heavy atom. The molecule has 0 saturated carbocycles. The van der Waals surface area contributed by atoms with E-state index in [1.54, 1.807) is 18.2 Å². The van der Waals surface area contributed by atoms with Crippen molar-refractivity contribution in [2.75, 3.05) is 31.2 Å². The highest BCUT2D eigenvalue weighted by Crippen LogP contribution is 2.31. The van der Waals surface area contributed by atoms with E-state index in [4.69, 9.17) is 4.74 Å². The predicted molar refractivity (Wildman–Crippen MR) is 106 cm³/mol. The molecule has 0 amide bonds. The monoisotopic (exact) mass is 375 g/mol. The summed E-state index contributed by atoms with van der Waals surface area (Å²) < 4.78 is 5.32. The van der Waals surface area contributed by atoms with Crippen LogP contribution in [0.4, 0.5) is 11.4 Å². The molecule has 1 N–H and O–H groups in total. The number of nitriles is 1. The third-order valence-corrected chi connectivity index (χ3v) is 4.62. The lowest BCUT2D eigenvalue weighted by Crippen LogP contribution is -2.36. The first-order valence-corrected chi connectivity index (χ1v) is 8.84. The number of aromatic nitrogens is 2. The second-order valence-electron chi connectivity index (χ2n) is 6.38. The van der Waals surface area contributed by atoms with Gasteiger partial charge in [0.05, 0.1) is 34.7 Å². The molecule has 2 heterocycles. The van der Waals surface area contributed by atoms with Crippen molar-refractivity contribution >= 4 is 34.1 Å². The number of anilines is 1. The van der Waals surface area contributed by atoms with Gasteiger partial charge in [0.15, 0.2) is 0 Å². The van der Waals surface area contributed by atoms with Gasteiger partial charge in [0, 0.05) is 19.2 Å². The SMILES string of the molecule is N#CC(=Cc1ccc(N2CCOCC2)c([N+](=O)[O-])c1)c1nc2ccccc2[nH]1. The lowest BCUT2D eigenvalue weighted by atomic mass is 10.1. The lowest BCUT2D eigenvalue weighted by molar-refractivity contribution is -0.384. The molecule has 1 aromatic heterocycles. The molecule has 8 nitrogen and oxygen atoms in total. The third kappa shape index (κ3) is 3.43. The zero-order valence-corrected chi connectivity index (χ0v) is 15.0. The van der Waals surface area contributed by atoms with Gasteiger partial charge in [-0.3, -0.25) is 10.1 Å². The third-order valence-electron chi connectivity index (χ3n) is 4.62. The fourth-order valence-corrected chi connectivity index (χ4v) is 3.25. The maximum atomic E-state index is 11.6. The smallest absolute Gasteiger partial charge is 0.293 e. The number of para-hydroxylation sites is 2. The number of rotatable bonds is 4. The van der Waals surface area contributed by atoms with E-state index in [1.807, 2.05) is 29.2 Å². The maximum Gasteiger partial charge on any atom is 0.293 e. The van der Waals surface area contributed by atoms with Gasteiger partial charge in [-0.25, -0.2) is 4.98 Å². The van der Waals surface area contributed by atoms with Crippen LogP contribution in [0.25, 0.3) is 22.7 Å². The van der Waals surface area contributed by atoms with Gasteiger partial charge in [-0.15, -0.1) is 0 Å². The van der Waals surface area contributed by atoms with Crippen LogP contribution in [0.1, 0.15) is 11.4 Å². The molecule has 1 aliphatic heterocycles. The van der Waals surface area contributed by atoms with Gasteiger partial charge in [-0.1, -0.05) is 18.2 Å². The number of fused-ring (bicyclic) bond motifs is 1. The van der Waals surface area contributed by atoms with E-state index >= 15 is 0 Å². The molecule has 0 atom stereocenters. The number of benzene rings is 2. The summed E-state index contributed by atoms with van der Waals surface area (Å²) >= 11 is 0. The quantitative estimate of drug-likeness (QED) is 0.425. The minimum atomic E-state index is -0.393.